The fourth-order valence-corrected chi connectivity index (χ4v) is 4.45. The molecule has 0 spiro atoms. The molecule has 3 aromatic carbocycles. The van der Waals surface area contributed by atoms with E-state index in [1.54, 1.807) is 7.11 Å². The van der Waals surface area contributed by atoms with Gasteiger partial charge in [-0.05, 0) is 47.5 Å². The molecule has 0 saturated heterocycles. The van der Waals surface area contributed by atoms with Crippen LogP contribution in [0.5, 0.6) is 11.5 Å². The Morgan fingerprint density at radius 2 is 1.76 bits per heavy atom. The van der Waals surface area contributed by atoms with Gasteiger partial charge in [-0.3, -0.25) is 0 Å². The van der Waals surface area contributed by atoms with E-state index in [1.165, 1.54) is 18.9 Å². The molecule has 0 amide bonds. The van der Waals surface area contributed by atoms with E-state index in [2.05, 4.69) is 0 Å². The topological polar surface area (TPSA) is 57.7 Å². The largest absolute Gasteiger partial charge is 0.497 e. The van der Waals surface area contributed by atoms with Gasteiger partial charge in [-0.15, -0.1) is 11.8 Å². The molecule has 0 aliphatic rings. The molecule has 0 radical (unpaired) electrons. The summed E-state index contributed by atoms with van der Waals surface area (Å²) < 4.78 is 16.7. The Labute approximate surface area is 201 Å². The lowest BCUT2D eigenvalue weighted by Gasteiger charge is -2.16. The summed E-state index contributed by atoms with van der Waals surface area (Å²) in [4.78, 5) is 17.6. The van der Waals surface area contributed by atoms with Crippen LogP contribution in [-0.4, -0.2) is 25.2 Å². The molecule has 0 aliphatic heterocycles. The van der Waals surface area contributed by atoms with Crippen LogP contribution in [0.3, 0.4) is 0 Å². The van der Waals surface area contributed by atoms with Crippen molar-refractivity contribution in [3.63, 3.8) is 0 Å². The maximum absolute atomic E-state index is 12.9. The van der Waals surface area contributed by atoms with Crippen molar-refractivity contribution >= 4 is 40.2 Å². The van der Waals surface area contributed by atoms with Gasteiger partial charge in [-0.25, -0.2) is 9.78 Å². The second-order valence-electron chi connectivity index (χ2n) is 7.19. The molecule has 1 aromatic heterocycles. The fraction of sp³-hybridized carbons (Fsp3) is 0.154. The van der Waals surface area contributed by atoms with E-state index in [-0.39, 0.29) is 6.61 Å². The number of methoxy groups -OCH3 is 2. The van der Waals surface area contributed by atoms with Gasteiger partial charge in [-0.1, -0.05) is 48.0 Å². The van der Waals surface area contributed by atoms with Crippen LogP contribution in [0.4, 0.5) is 0 Å². The van der Waals surface area contributed by atoms with Crippen LogP contribution in [0.2, 0.25) is 5.02 Å². The van der Waals surface area contributed by atoms with E-state index in [0.717, 1.165) is 27.8 Å². The van der Waals surface area contributed by atoms with Crippen LogP contribution in [-0.2, 0) is 17.1 Å². The molecule has 33 heavy (non-hydrogen) atoms. The number of benzene rings is 3. The molecule has 7 heteroatoms. The molecule has 0 N–H and O–H groups in total. The van der Waals surface area contributed by atoms with Gasteiger partial charge in [0.2, 0.25) is 0 Å². The van der Waals surface area contributed by atoms with Crippen molar-refractivity contribution in [2.45, 2.75) is 17.4 Å². The number of aromatic nitrogens is 1. The molecule has 0 unspecified atom stereocenters. The number of pyridine rings is 1. The summed E-state index contributed by atoms with van der Waals surface area (Å²) in [5, 5.41) is 1.98. The third kappa shape index (κ3) is 5.41. The van der Waals surface area contributed by atoms with Crippen LogP contribution < -0.4 is 9.47 Å². The van der Waals surface area contributed by atoms with Crippen molar-refractivity contribution < 1.29 is 19.0 Å². The van der Waals surface area contributed by atoms with E-state index >= 15 is 0 Å². The number of halogens is 1. The van der Waals surface area contributed by atoms with Gasteiger partial charge >= 0.3 is 5.97 Å². The average Bonchev–Trinajstić information content (AvgIpc) is 2.86. The number of hydrogen-bond acceptors (Lipinski definition) is 6. The summed E-state index contributed by atoms with van der Waals surface area (Å²) in [7, 11) is 2.98. The molecular formula is C26H22ClNO4S. The Morgan fingerprint density at radius 3 is 2.52 bits per heavy atom. The molecule has 0 bridgehead atoms. The van der Waals surface area contributed by atoms with Crippen molar-refractivity contribution in [3.05, 3.63) is 94.5 Å². The smallest absolute Gasteiger partial charge is 0.344 e. The number of ether oxygens (including phenoxy) is 3. The normalized spacial score (nSPS) is 10.8. The lowest BCUT2D eigenvalue weighted by atomic mass is 10.1. The second kappa shape index (κ2) is 10.6. The zero-order chi connectivity index (χ0) is 23.2. The summed E-state index contributed by atoms with van der Waals surface area (Å²) in [6.07, 6.45) is 0. The zero-order valence-electron chi connectivity index (χ0n) is 18.2. The molecular weight excluding hydrogens is 458 g/mol. The average molecular weight is 480 g/mol. The molecule has 5 nitrogen and oxygen atoms in total. The lowest BCUT2D eigenvalue weighted by Crippen LogP contribution is -2.10. The standard InChI is InChI=1S/C26H22ClNO4S/c1-30-20-7-5-6-18(14-20)15-32-24-21-8-3-4-9-22(21)28-25(23(24)26(29)31-2)33-16-17-10-12-19(27)13-11-17/h3-14H,15-16H2,1-2H3. The van der Waals surface area contributed by atoms with Gasteiger partial charge in [0, 0.05) is 16.2 Å². The van der Waals surface area contributed by atoms with Gasteiger partial charge in [0.1, 0.15) is 28.7 Å². The Bertz CT molecular complexity index is 1280. The number of nitrogens with zero attached hydrogens (tertiary/aromatic N) is 1. The van der Waals surface area contributed by atoms with Crippen molar-refractivity contribution in [2.75, 3.05) is 14.2 Å². The van der Waals surface area contributed by atoms with E-state index in [0.29, 0.717) is 27.1 Å². The quantitative estimate of drug-likeness (QED) is 0.211. The Kier molecular flexibility index (Phi) is 7.37. The van der Waals surface area contributed by atoms with Crippen LogP contribution in [0.1, 0.15) is 21.5 Å². The van der Waals surface area contributed by atoms with Crippen LogP contribution in [0, 0.1) is 0 Å². The predicted octanol–water partition coefficient (Wildman–Crippen LogP) is 6.55. The molecule has 0 atom stereocenters. The first-order valence-electron chi connectivity index (χ1n) is 10.2. The van der Waals surface area contributed by atoms with Crippen LogP contribution >= 0.6 is 23.4 Å². The summed E-state index contributed by atoms with van der Waals surface area (Å²) in [6.45, 7) is 0.260. The minimum Gasteiger partial charge on any atom is -0.497 e. The summed E-state index contributed by atoms with van der Waals surface area (Å²) in [6, 6.07) is 22.8. The third-order valence-electron chi connectivity index (χ3n) is 5.01. The minimum atomic E-state index is -0.493. The van der Waals surface area contributed by atoms with Crippen molar-refractivity contribution in [1.82, 2.24) is 4.98 Å². The number of esters is 1. The first-order chi connectivity index (χ1) is 16.1. The maximum Gasteiger partial charge on any atom is 0.344 e. The van der Waals surface area contributed by atoms with E-state index in [4.69, 9.17) is 30.8 Å². The summed E-state index contributed by atoms with van der Waals surface area (Å²) in [5.41, 5.74) is 3.04. The number of thioether (sulfide) groups is 1. The molecule has 4 rings (SSSR count). The van der Waals surface area contributed by atoms with Crippen molar-refractivity contribution in [3.8, 4) is 11.5 Å². The number of rotatable bonds is 8. The van der Waals surface area contributed by atoms with Gasteiger partial charge in [0.05, 0.1) is 19.7 Å². The highest BCUT2D eigenvalue weighted by Gasteiger charge is 2.24. The highest BCUT2D eigenvalue weighted by Crippen LogP contribution is 2.37. The highest BCUT2D eigenvalue weighted by molar-refractivity contribution is 7.98. The Hall–Kier alpha value is -3.22. The van der Waals surface area contributed by atoms with Gasteiger partial charge in [0.25, 0.3) is 0 Å². The molecule has 0 fully saturated rings. The first-order valence-corrected chi connectivity index (χ1v) is 11.6. The SMILES string of the molecule is COC(=O)c1c(SCc2ccc(Cl)cc2)nc2ccccc2c1OCc1cccc(OC)c1. The maximum atomic E-state index is 12.9. The van der Waals surface area contributed by atoms with E-state index in [9.17, 15) is 4.79 Å². The number of carbonyl (C=O) groups is 1. The second-order valence-corrected chi connectivity index (χ2v) is 8.59. The third-order valence-corrected chi connectivity index (χ3v) is 6.31. The van der Waals surface area contributed by atoms with Crippen molar-refractivity contribution in [2.24, 2.45) is 0 Å². The van der Waals surface area contributed by atoms with E-state index in [1.807, 2.05) is 72.8 Å². The summed E-state index contributed by atoms with van der Waals surface area (Å²) >= 11 is 7.45. The first kappa shape index (κ1) is 23.0. The predicted molar refractivity (Wildman–Crippen MR) is 131 cm³/mol. The van der Waals surface area contributed by atoms with Crippen LogP contribution in [0.15, 0.2) is 77.8 Å². The monoisotopic (exact) mass is 479 g/mol. The van der Waals surface area contributed by atoms with Gasteiger partial charge < -0.3 is 14.2 Å². The van der Waals surface area contributed by atoms with Gasteiger partial charge in [0.15, 0.2) is 0 Å². The molecule has 0 saturated carbocycles. The number of hydrogen-bond donors (Lipinski definition) is 0. The minimum absolute atomic E-state index is 0.260. The Balaban J connectivity index is 1.73. The fourth-order valence-electron chi connectivity index (χ4n) is 3.35. The van der Waals surface area contributed by atoms with Gasteiger partial charge in [-0.2, -0.15) is 0 Å². The Morgan fingerprint density at radius 1 is 0.970 bits per heavy atom. The molecule has 4 aromatic rings. The molecule has 168 valence electrons. The molecule has 0 aliphatic carbocycles. The number of para-hydroxylation sites is 1. The lowest BCUT2D eigenvalue weighted by molar-refractivity contribution is 0.0590. The number of carbonyl (C=O) groups excluding carboxylic acids is 1. The zero-order valence-corrected chi connectivity index (χ0v) is 19.8. The van der Waals surface area contributed by atoms with Crippen LogP contribution in [0.25, 0.3) is 10.9 Å². The number of fused-ring (bicyclic) bond motifs is 1. The van der Waals surface area contributed by atoms with E-state index < -0.39 is 5.97 Å². The molecule has 1 heterocycles. The van der Waals surface area contributed by atoms with Crippen molar-refractivity contribution in [1.29, 1.82) is 0 Å². The highest BCUT2D eigenvalue weighted by atomic mass is 35.5. The summed E-state index contributed by atoms with van der Waals surface area (Å²) in [5.74, 6) is 1.31.